The molecule has 0 N–H and O–H groups in total. The quantitative estimate of drug-likeness (QED) is 0.697. The number of nitrogens with zero attached hydrogens (tertiary/aromatic N) is 1. The molecule has 2 rings (SSSR count). The fourth-order valence-electron chi connectivity index (χ4n) is 1.22. The van der Waals surface area contributed by atoms with Gasteiger partial charge in [0.15, 0.2) is 0 Å². The molecule has 0 spiro atoms. The van der Waals surface area contributed by atoms with Crippen LogP contribution < -0.4 is 0 Å². The Bertz CT molecular complexity index is 442. The highest BCUT2D eigenvalue weighted by Crippen LogP contribution is 2.23. The van der Waals surface area contributed by atoms with E-state index >= 15 is 0 Å². The summed E-state index contributed by atoms with van der Waals surface area (Å²) < 4.78 is 13.4. The lowest BCUT2D eigenvalue weighted by Crippen LogP contribution is -1.86. The molecule has 0 aliphatic carbocycles. The van der Waals surface area contributed by atoms with E-state index in [-0.39, 0.29) is 5.82 Å². The minimum atomic E-state index is -0.312. The minimum absolute atomic E-state index is 0.312. The van der Waals surface area contributed by atoms with Crippen LogP contribution in [0, 0.1) is 5.82 Å². The van der Waals surface area contributed by atoms with Crippen molar-refractivity contribution in [1.29, 1.82) is 0 Å². The molecule has 0 saturated carbocycles. The summed E-state index contributed by atoms with van der Waals surface area (Å²) in [6.07, 6.45) is 1.62. The van der Waals surface area contributed by atoms with Crippen LogP contribution in [-0.4, -0.2) is 4.98 Å². The topological polar surface area (TPSA) is 12.9 Å². The predicted octanol–water partition coefficient (Wildman–Crippen LogP) is 3.54. The molecule has 1 aromatic carbocycles. The van der Waals surface area contributed by atoms with Crippen LogP contribution in [0.5, 0.6) is 0 Å². The maximum atomic E-state index is 13.4. The van der Waals surface area contributed by atoms with E-state index in [0.29, 0.717) is 16.3 Å². The largest absolute Gasteiger partial charge is 0.256 e. The van der Waals surface area contributed by atoms with Gasteiger partial charge >= 0.3 is 0 Å². The van der Waals surface area contributed by atoms with Crippen molar-refractivity contribution in [1.82, 2.24) is 4.98 Å². The van der Waals surface area contributed by atoms with Gasteiger partial charge in [-0.05, 0) is 30.3 Å². The van der Waals surface area contributed by atoms with Crippen molar-refractivity contribution < 1.29 is 4.39 Å². The molecule has 0 atom stereocenters. The van der Waals surface area contributed by atoms with Gasteiger partial charge in [0.05, 0.1) is 5.69 Å². The number of hydrogen-bond acceptors (Lipinski definition) is 1. The van der Waals surface area contributed by atoms with Crippen molar-refractivity contribution in [3.8, 4) is 11.3 Å². The molecule has 1 heterocycles. The summed E-state index contributed by atoms with van der Waals surface area (Å²) in [7, 11) is 0. The number of rotatable bonds is 1. The van der Waals surface area contributed by atoms with E-state index in [4.69, 9.17) is 11.6 Å². The Hall–Kier alpha value is -1.41. The molecule has 0 bridgehead atoms. The second-order valence-corrected chi connectivity index (χ2v) is 3.28. The average molecular weight is 208 g/mol. The van der Waals surface area contributed by atoms with E-state index in [0.717, 1.165) is 0 Å². The molecule has 0 radical (unpaired) electrons. The summed E-state index contributed by atoms with van der Waals surface area (Å²) in [5, 5.41) is 0.507. The third kappa shape index (κ3) is 1.75. The zero-order valence-corrected chi connectivity index (χ0v) is 8.00. The van der Waals surface area contributed by atoms with Crippen LogP contribution in [0.1, 0.15) is 0 Å². The van der Waals surface area contributed by atoms with Crippen molar-refractivity contribution in [3.05, 3.63) is 53.4 Å². The summed E-state index contributed by atoms with van der Waals surface area (Å²) in [5.41, 5.74) is 1.02. The molecule has 1 aromatic heterocycles. The third-order valence-corrected chi connectivity index (χ3v) is 2.10. The van der Waals surface area contributed by atoms with Crippen LogP contribution >= 0.6 is 11.6 Å². The van der Waals surface area contributed by atoms with Gasteiger partial charge in [0.1, 0.15) is 5.82 Å². The molecule has 0 fully saturated rings. The maximum absolute atomic E-state index is 13.4. The maximum Gasteiger partial charge on any atom is 0.132 e. The molecular formula is C11H7ClFN. The first-order valence-electron chi connectivity index (χ1n) is 4.14. The Morgan fingerprint density at radius 2 is 2.00 bits per heavy atom. The fourth-order valence-corrected chi connectivity index (χ4v) is 1.39. The number of benzene rings is 1. The lowest BCUT2D eigenvalue weighted by molar-refractivity contribution is 0.631. The van der Waals surface area contributed by atoms with Crippen molar-refractivity contribution in [3.63, 3.8) is 0 Å². The Morgan fingerprint density at radius 3 is 2.71 bits per heavy atom. The normalized spacial score (nSPS) is 10.1. The number of aromatic nitrogens is 1. The van der Waals surface area contributed by atoms with Crippen molar-refractivity contribution in [2.45, 2.75) is 0 Å². The van der Waals surface area contributed by atoms with Crippen LogP contribution in [0.2, 0.25) is 5.02 Å². The highest BCUT2D eigenvalue weighted by Gasteiger charge is 2.05. The van der Waals surface area contributed by atoms with Gasteiger partial charge in [0, 0.05) is 16.8 Å². The summed E-state index contributed by atoms with van der Waals surface area (Å²) >= 11 is 5.77. The summed E-state index contributed by atoms with van der Waals surface area (Å²) in [4.78, 5) is 4.05. The second-order valence-electron chi connectivity index (χ2n) is 2.84. The monoisotopic (exact) mass is 207 g/mol. The van der Waals surface area contributed by atoms with Gasteiger partial charge in [-0.3, -0.25) is 4.98 Å². The van der Waals surface area contributed by atoms with Gasteiger partial charge in [0.2, 0.25) is 0 Å². The van der Waals surface area contributed by atoms with Gasteiger partial charge in [0.25, 0.3) is 0 Å². The standard InChI is InChI=1S/C11H7ClFN/c12-8-4-5-10(13)9(7-8)11-3-1-2-6-14-11/h1-7H. The highest BCUT2D eigenvalue weighted by molar-refractivity contribution is 6.30. The smallest absolute Gasteiger partial charge is 0.132 e. The predicted molar refractivity (Wildman–Crippen MR) is 54.6 cm³/mol. The van der Waals surface area contributed by atoms with E-state index in [1.807, 2.05) is 6.07 Å². The van der Waals surface area contributed by atoms with Crippen molar-refractivity contribution in [2.24, 2.45) is 0 Å². The van der Waals surface area contributed by atoms with Gasteiger partial charge in [-0.1, -0.05) is 17.7 Å². The first-order chi connectivity index (χ1) is 6.77. The Morgan fingerprint density at radius 1 is 1.14 bits per heavy atom. The average Bonchev–Trinajstić information content (AvgIpc) is 2.23. The van der Waals surface area contributed by atoms with Gasteiger partial charge in [-0.25, -0.2) is 4.39 Å². The van der Waals surface area contributed by atoms with E-state index in [2.05, 4.69) is 4.98 Å². The molecule has 0 unspecified atom stereocenters. The van der Waals surface area contributed by atoms with E-state index in [1.165, 1.54) is 12.1 Å². The Kier molecular flexibility index (Phi) is 2.46. The van der Waals surface area contributed by atoms with Crippen LogP contribution in [-0.2, 0) is 0 Å². The van der Waals surface area contributed by atoms with Crippen molar-refractivity contribution in [2.75, 3.05) is 0 Å². The van der Waals surface area contributed by atoms with Gasteiger partial charge in [-0.2, -0.15) is 0 Å². The Labute approximate surface area is 86.2 Å². The molecule has 0 saturated heterocycles. The first kappa shape index (κ1) is 9.16. The summed E-state index contributed by atoms with van der Waals surface area (Å²) in [6, 6.07) is 9.76. The molecule has 14 heavy (non-hydrogen) atoms. The SMILES string of the molecule is Fc1ccc(Cl)cc1-c1ccccn1. The second kappa shape index (κ2) is 3.76. The van der Waals surface area contributed by atoms with Crippen LogP contribution in [0.4, 0.5) is 4.39 Å². The lowest BCUT2D eigenvalue weighted by atomic mass is 10.1. The Balaban J connectivity index is 2.57. The molecule has 0 aliphatic heterocycles. The fraction of sp³-hybridized carbons (Fsp3) is 0. The summed E-state index contributed by atoms with van der Waals surface area (Å²) in [5.74, 6) is -0.312. The highest BCUT2D eigenvalue weighted by atomic mass is 35.5. The van der Waals surface area contributed by atoms with Crippen LogP contribution in [0.3, 0.4) is 0 Å². The molecule has 0 amide bonds. The van der Waals surface area contributed by atoms with E-state index in [1.54, 1.807) is 24.4 Å². The zero-order valence-electron chi connectivity index (χ0n) is 7.24. The van der Waals surface area contributed by atoms with Gasteiger partial charge in [-0.15, -0.1) is 0 Å². The number of pyridine rings is 1. The summed E-state index contributed by atoms with van der Waals surface area (Å²) in [6.45, 7) is 0. The lowest BCUT2D eigenvalue weighted by Gasteiger charge is -2.02. The number of hydrogen-bond donors (Lipinski definition) is 0. The molecule has 70 valence electrons. The minimum Gasteiger partial charge on any atom is -0.256 e. The molecule has 1 nitrogen and oxygen atoms in total. The molecular weight excluding hydrogens is 201 g/mol. The molecule has 0 aliphatic rings. The van der Waals surface area contributed by atoms with E-state index in [9.17, 15) is 4.39 Å². The molecule has 2 aromatic rings. The van der Waals surface area contributed by atoms with Crippen molar-refractivity contribution >= 4 is 11.6 Å². The van der Waals surface area contributed by atoms with Crippen LogP contribution in [0.15, 0.2) is 42.6 Å². The third-order valence-electron chi connectivity index (χ3n) is 1.87. The number of halogens is 2. The van der Waals surface area contributed by atoms with Crippen LogP contribution in [0.25, 0.3) is 11.3 Å². The zero-order chi connectivity index (χ0) is 9.97. The van der Waals surface area contributed by atoms with E-state index < -0.39 is 0 Å². The van der Waals surface area contributed by atoms with Gasteiger partial charge < -0.3 is 0 Å². The molecule has 3 heteroatoms. The first-order valence-corrected chi connectivity index (χ1v) is 4.51.